The first-order chi connectivity index (χ1) is 12.6. The molecule has 146 valence electrons. The van der Waals surface area contributed by atoms with Gasteiger partial charge in [-0.1, -0.05) is 0 Å². The number of benzene rings is 1. The van der Waals surface area contributed by atoms with Gasteiger partial charge in [0.2, 0.25) is 5.91 Å². The summed E-state index contributed by atoms with van der Waals surface area (Å²) in [6, 6.07) is 4.65. The molecule has 9 heteroatoms. The number of nitrogens with zero attached hydrogens (tertiary/aromatic N) is 2. The van der Waals surface area contributed by atoms with Gasteiger partial charge in [0.15, 0.2) is 0 Å². The minimum Gasteiger partial charge on any atom is -0.338 e. The second-order valence-electron chi connectivity index (χ2n) is 6.58. The average molecular weight is 387 g/mol. The molecule has 0 aliphatic carbocycles. The van der Waals surface area contributed by atoms with E-state index in [0.29, 0.717) is 5.69 Å². The number of rotatable bonds is 4. The quantitative estimate of drug-likeness (QED) is 0.820. The van der Waals surface area contributed by atoms with Crippen molar-refractivity contribution in [1.29, 1.82) is 0 Å². The van der Waals surface area contributed by atoms with Gasteiger partial charge in [-0.3, -0.25) is 4.79 Å². The molecule has 4 nitrogen and oxygen atoms in total. The maximum absolute atomic E-state index is 13.7. The summed E-state index contributed by atoms with van der Waals surface area (Å²) in [5.41, 5.74) is 5.64. The highest BCUT2D eigenvalue weighted by Crippen LogP contribution is 2.32. The second kappa shape index (κ2) is 7.30. The number of alkyl halides is 3. The first kappa shape index (κ1) is 19.3. The van der Waals surface area contributed by atoms with Crippen molar-refractivity contribution in [2.24, 2.45) is 5.73 Å². The van der Waals surface area contributed by atoms with Crippen LogP contribution in [0.3, 0.4) is 0 Å². The Morgan fingerprint density at radius 3 is 2.59 bits per heavy atom. The topological polar surface area (TPSA) is 51.3 Å². The molecule has 1 aromatic heterocycles. The third kappa shape index (κ3) is 4.29. The van der Waals surface area contributed by atoms with Gasteiger partial charge < -0.3 is 15.2 Å². The number of hydrogen-bond acceptors (Lipinski definition) is 2. The van der Waals surface area contributed by atoms with Gasteiger partial charge in [-0.15, -0.1) is 0 Å². The maximum Gasteiger partial charge on any atom is 0.431 e. The lowest BCUT2D eigenvalue weighted by atomic mass is 10.0. The first-order valence-electron chi connectivity index (χ1n) is 8.38. The van der Waals surface area contributed by atoms with E-state index in [9.17, 15) is 26.7 Å². The fourth-order valence-electron chi connectivity index (χ4n) is 3.28. The zero-order valence-corrected chi connectivity index (χ0v) is 14.3. The fourth-order valence-corrected chi connectivity index (χ4v) is 3.28. The average Bonchev–Trinajstić information content (AvgIpc) is 3.01. The van der Waals surface area contributed by atoms with Crippen LogP contribution in [0.2, 0.25) is 0 Å². The van der Waals surface area contributed by atoms with Crippen LogP contribution in [0.1, 0.15) is 23.4 Å². The van der Waals surface area contributed by atoms with E-state index in [2.05, 4.69) is 0 Å². The van der Waals surface area contributed by atoms with Crippen LogP contribution < -0.4 is 5.73 Å². The normalized spacial score (nSPS) is 15.6. The molecular weight excluding hydrogens is 369 g/mol. The SMILES string of the molecule is N[C@@H](CC(=O)N1CCn2c(ccc2C(F)(F)F)C1)Cc1cc(F)ccc1F. The number of hydrogen-bond donors (Lipinski definition) is 1. The minimum absolute atomic E-state index is 0.0161. The van der Waals surface area contributed by atoms with E-state index in [1.54, 1.807) is 0 Å². The Morgan fingerprint density at radius 2 is 1.89 bits per heavy atom. The van der Waals surface area contributed by atoms with Crippen LogP contribution in [0, 0.1) is 11.6 Å². The van der Waals surface area contributed by atoms with E-state index in [0.717, 1.165) is 28.8 Å². The largest absolute Gasteiger partial charge is 0.431 e. The standard InChI is InChI=1S/C18H18F5N3O/c19-12-1-3-15(20)11(7-12)8-13(24)9-17(27)25-5-6-26-14(10-25)2-4-16(26)18(21,22)23/h1-4,7,13H,5-6,8-10,24H2/t13-/m1/s1. The van der Waals surface area contributed by atoms with E-state index in [1.165, 1.54) is 11.0 Å². The number of nitrogens with two attached hydrogens (primary N) is 1. The first-order valence-corrected chi connectivity index (χ1v) is 8.38. The molecule has 2 N–H and O–H groups in total. The Labute approximate surface area is 152 Å². The molecule has 0 unspecified atom stereocenters. The second-order valence-corrected chi connectivity index (χ2v) is 6.58. The highest BCUT2D eigenvalue weighted by atomic mass is 19.4. The summed E-state index contributed by atoms with van der Waals surface area (Å²) in [5, 5.41) is 0. The number of amides is 1. The molecule has 2 heterocycles. The van der Waals surface area contributed by atoms with Gasteiger partial charge in [-0.2, -0.15) is 13.2 Å². The van der Waals surface area contributed by atoms with Crippen LogP contribution in [0.15, 0.2) is 30.3 Å². The van der Waals surface area contributed by atoms with Gasteiger partial charge in [0, 0.05) is 31.2 Å². The summed E-state index contributed by atoms with van der Waals surface area (Å²) in [6.07, 6.45) is -4.57. The molecule has 0 spiro atoms. The van der Waals surface area contributed by atoms with Crippen LogP contribution >= 0.6 is 0 Å². The number of carbonyl (C=O) groups excluding carboxylic acids is 1. The Kier molecular flexibility index (Phi) is 5.23. The van der Waals surface area contributed by atoms with Crippen LogP contribution in [0.5, 0.6) is 0 Å². The van der Waals surface area contributed by atoms with Gasteiger partial charge in [0.1, 0.15) is 17.3 Å². The Morgan fingerprint density at radius 1 is 1.15 bits per heavy atom. The summed E-state index contributed by atoms with van der Waals surface area (Å²) < 4.78 is 66.8. The van der Waals surface area contributed by atoms with E-state index < -0.39 is 29.5 Å². The number of halogens is 5. The lowest BCUT2D eigenvalue weighted by Crippen LogP contribution is -2.41. The summed E-state index contributed by atoms with van der Waals surface area (Å²) in [4.78, 5) is 13.8. The fraction of sp³-hybridized carbons (Fsp3) is 0.389. The van der Waals surface area contributed by atoms with Crippen molar-refractivity contribution in [3.8, 4) is 0 Å². The summed E-state index contributed by atoms with van der Waals surface area (Å²) in [5.74, 6) is -1.53. The Bertz CT molecular complexity index is 846. The highest BCUT2D eigenvalue weighted by molar-refractivity contribution is 5.77. The molecule has 2 aromatic rings. The van der Waals surface area contributed by atoms with Gasteiger partial charge in [-0.05, 0) is 42.3 Å². The molecule has 0 saturated carbocycles. The highest BCUT2D eigenvalue weighted by Gasteiger charge is 2.36. The molecule has 27 heavy (non-hydrogen) atoms. The van der Waals surface area contributed by atoms with E-state index in [4.69, 9.17) is 5.73 Å². The van der Waals surface area contributed by atoms with Crippen LogP contribution in [0.4, 0.5) is 22.0 Å². The Hall–Kier alpha value is -2.42. The van der Waals surface area contributed by atoms with E-state index in [1.807, 2.05) is 0 Å². The van der Waals surface area contributed by atoms with Gasteiger partial charge in [0.25, 0.3) is 0 Å². The molecule has 0 bridgehead atoms. The van der Waals surface area contributed by atoms with Gasteiger partial charge in [-0.25, -0.2) is 8.78 Å². The van der Waals surface area contributed by atoms with Crippen molar-refractivity contribution in [2.75, 3.05) is 6.54 Å². The van der Waals surface area contributed by atoms with Crippen LogP contribution in [-0.4, -0.2) is 28.0 Å². The molecule has 0 radical (unpaired) electrons. The third-order valence-electron chi connectivity index (χ3n) is 4.59. The smallest absolute Gasteiger partial charge is 0.338 e. The number of aromatic nitrogens is 1. The predicted molar refractivity (Wildman–Crippen MR) is 87.5 cm³/mol. The predicted octanol–water partition coefficient (Wildman–Crippen LogP) is 3.09. The molecule has 1 aliphatic heterocycles. The minimum atomic E-state index is -4.44. The van der Waals surface area contributed by atoms with Crippen molar-refractivity contribution in [3.05, 3.63) is 58.9 Å². The molecule has 1 aromatic carbocycles. The monoisotopic (exact) mass is 387 g/mol. The lowest BCUT2D eigenvalue weighted by molar-refractivity contribution is -0.144. The molecule has 1 atom stereocenters. The van der Waals surface area contributed by atoms with Gasteiger partial charge in [0.05, 0.1) is 6.54 Å². The Balaban J connectivity index is 1.62. The maximum atomic E-state index is 13.7. The third-order valence-corrected chi connectivity index (χ3v) is 4.59. The number of fused-ring (bicyclic) bond motifs is 1. The van der Waals surface area contributed by atoms with Crippen molar-refractivity contribution in [2.45, 2.75) is 38.1 Å². The molecule has 1 aliphatic rings. The molecule has 0 saturated heterocycles. The van der Waals surface area contributed by atoms with E-state index in [-0.39, 0.29) is 43.9 Å². The summed E-state index contributed by atoms with van der Waals surface area (Å²) >= 11 is 0. The summed E-state index contributed by atoms with van der Waals surface area (Å²) in [7, 11) is 0. The van der Waals surface area contributed by atoms with Crippen molar-refractivity contribution < 1.29 is 26.7 Å². The zero-order chi connectivity index (χ0) is 19.8. The molecular formula is C18H18F5N3O. The zero-order valence-electron chi connectivity index (χ0n) is 14.3. The molecule has 0 fully saturated rings. The van der Waals surface area contributed by atoms with Gasteiger partial charge >= 0.3 is 6.18 Å². The van der Waals surface area contributed by atoms with Crippen LogP contribution in [-0.2, 0) is 30.5 Å². The molecule has 3 rings (SSSR count). The van der Waals surface area contributed by atoms with Crippen LogP contribution in [0.25, 0.3) is 0 Å². The molecule has 1 amide bonds. The van der Waals surface area contributed by atoms with E-state index >= 15 is 0 Å². The van der Waals surface area contributed by atoms with Crippen molar-refractivity contribution in [1.82, 2.24) is 9.47 Å². The summed E-state index contributed by atoms with van der Waals surface area (Å²) in [6.45, 7) is 0.220. The van der Waals surface area contributed by atoms with Crippen molar-refractivity contribution >= 4 is 5.91 Å². The van der Waals surface area contributed by atoms with Crippen molar-refractivity contribution in [3.63, 3.8) is 0 Å². The lowest BCUT2D eigenvalue weighted by Gasteiger charge is -2.30. The number of carbonyl (C=O) groups is 1.